The van der Waals surface area contributed by atoms with Crippen molar-refractivity contribution in [3.63, 3.8) is 0 Å². The summed E-state index contributed by atoms with van der Waals surface area (Å²) < 4.78 is 0. The van der Waals surface area contributed by atoms with Crippen LogP contribution in [0, 0.1) is 20.2 Å². The standard InChI is InChI=1S/C23H25N5O5/c1-2-25-8-10-26(11-9-25)23(29)14-19(16-4-3-5-17(12-16)27(30)31)21-15-24-22-7-6-18(28(32)33)13-20(21)22/h3-7,12-13,15,19,24H,2,8-11,14H2,1H3. The molecule has 1 atom stereocenters. The number of carbonyl (C=O) groups excluding carboxylic acids is 1. The lowest BCUT2D eigenvalue weighted by molar-refractivity contribution is -0.385. The molecule has 0 radical (unpaired) electrons. The van der Waals surface area contributed by atoms with Crippen LogP contribution in [-0.2, 0) is 4.79 Å². The van der Waals surface area contributed by atoms with Crippen molar-refractivity contribution in [1.82, 2.24) is 14.8 Å². The van der Waals surface area contributed by atoms with Gasteiger partial charge in [0.1, 0.15) is 0 Å². The molecule has 0 saturated carbocycles. The van der Waals surface area contributed by atoms with Gasteiger partial charge >= 0.3 is 0 Å². The van der Waals surface area contributed by atoms with Gasteiger partial charge in [0.25, 0.3) is 11.4 Å². The molecule has 0 bridgehead atoms. The van der Waals surface area contributed by atoms with Gasteiger partial charge in [-0.1, -0.05) is 19.1 Å². The minimum Gasteiger partial charge on any atom is -0.361 e. The van der Waals surface area contributed by atoms with Crippen molar-refractivity contribution >= 4 is 28.2 Å². The first-order valence-electron chi connectivity index (χ1n) is 10.9. The number of rotatable bonds is 7. The number of aromatic nitrogens is 1. The van der Waals surface area contributed by atoms with Gasteiger partial charge in [0.05, 0.1) is 9.85 Å². The van der Waals surface area contributed by atoms with Crippen molar-refractivity contribution in [2.24, 2.45) is 0 Å². The van der Waals surface area contributed by atoms with Crippen molar-refractivity contribution in [2.75, 3.05) is 32.7 Å². The maximum absolute atomic E-state index is 13.3. The minimum absolute atomic E-state index is 0.0398. The van der Waals surface area contributed by atoms with Crippen LogP contribution in [0.5, 0.6) is 0 Å². The number of hydrogen-bond donors (Lipinski definition) is 1. The summed E-state index contributed by atoms with van der Waals surface area (Å²) in [5.74, 6) is -0.528. The molecule has 1 aliphatic rings. The molecule has 10 nitrogen and oxygen atoms in total. The lowest BCUT2D eigenvalue weighted by atomic mass is 9.87. The van der Waals surface area contributed by atoms with Gasteiger partial charge in [0.2, 0.25) is 5.91 Å². The Hall–Kier alpha value is -3.79. The normalized spacial score (nSPS) is 15.5. The van der Waals surface area contributed by atoms with Gasteiger partial charge in [-0.05, 0) is 23.7 Å². The van der Waals surface area contributed by atoms with E-state index in [-0.39, 0.29) is 23.7 Å². The van der Waals surface area contributed by atoms with Crippen LogP contribution in [0.1, 0.15) is 30.4 Å². The molecule has 0 spiro atoms. The molecule has 4 rings (SSSR count). The number of fused-ring (bicyclic) bond motifs is 1. The number of benzene rings is 2. The average molecular weight is 451 g/mol. The third-order valence-corrected chi connectivity index (χ3v) is 6.32. The zero-order valence-electron chi connectivity index (χ0n) is 18.3. The molecule has 10 heteroatoms. The number of amides is 1. The highest BCUT2D eigenvalue weighted by Gasteiger charge is 2.28. The van der Waals surface area contributed by atoms with Crippen molar-refractivity contribution in [2.45, 2.75) is 19.3 Å². The van der Waals surface area contributed by atoms with Crippen LogP contribution in [-0.4, -0.2) is 63.3 Å². The van der Waals surface area contributed by atoms with E-state index >= 15 is 0 Å². The number of H-pyrrole nitrogens is 1. The molecule has 2 aromatic carbocycles. The Bertz CT molecular complexity index is 1200. The summed E-state index contributed by atoms with van der Waals surface area (Å²) in [5, 5.41) is 23.3. The van der Waals surface area contributed by atoms with E-state index in [0.717, 1.165) is 19.6 Å². The highest BCUT2D eigenvalue weighted by molar-refractivity contribution is 5.88. The second-order valence-corrected chi connectivity index (χ2v) is 8.15. The van der Waals surface area contributed by atoms with Gasteiger partial charge in [0, 0.05) is 79.9 Å². The van der Waals surface area contributed by atoms with E-state index in [1.165, 1.54) is 24.3 Å². The summed E-state index contributed by atoms with van der Waals surface area (Å²) in [6.07, 6.45) is 1.85. The number of nitrogens with one attached hydrogen (secondary N) is 1. The predicted molar refractivity (Wildman–Crippen MR) is 123 cm³/mol. The maximum atomic E-state index is 13.3. The van der Waals surface area contributed by atoms with Crippen LogP contribution in [0.3, 0.4) is 0 Å². The topological polar surface area (TPSA) is 126 Å². The van der Waals surface area contributed by atoms with Crippen LogP contribution < -0.4 is 0 Å². The second-order valence-electron chi connectivity index (χ2n) is 8.15. The zero-order chi connectivity index (χ0) is 23.5. The third kappa shape index (κ3) is 4.70. The molecule has 1 unspecified atom stereocenters. The number of aromatic amines is 1. The van der Waals surface area contributed by atoms with Crippen LogP contribution in [0.25, 0.3) is 10.9 Å². The monoisotopic (exact) mass is 451 g/mol. The molecule has 33 heavy (non-hydrogen) atoms. The van der Waals surface area contributed by atoms with E-state index in [2.05, 4.69) is 16.8 Å². The number of non-ortho nitro benzene ring substituents is 2. The van der Waals surface area contributed by atoms with E-state index in [1.807, 2.05) is 4.90 Å². The largest absolute Gasteiger partial charge is 0.361 e. The average Bonchev–Trinajstić information content (AvgIpc) is 3.25. The zero-order valence-corrected chi connectivity index (χ0v) is 18.3. The Labute approximate surface area is 190 Å². The van der Waals surface area contributed by atoms with Gasteiger partial charge in [-0.25, -0.2) is 0 Å². The number of nitro benzene ring substituents is 2. The molecule has 1 saturated heterocycles. The first kappa shape index (κ1) is 22.4. The number of nitrogens with zero attached hydrogens (tertiary/aromatic N) is 4. The number of piperazine rings is 1. The Morgan fingerprint density at radius 2 is 1.73 bits per heavy atom. The lowest BCUT2D eigenvalue weighted by Crippen LogP contribution is -2.48. The Morgan fingerprint density at radius 3 is 2.39 bits per heavy atom. The fourth-order valence-electron chi connectivity index (χ4n) is 4.41. The molecule has 2 heterocycles. The molecule has 0 aliphatic carbocycles. The number of likely N-dealkylation sites (N-methyl/N-ethyl adjacent to an activating group) is 1. The van der Waals surface area contributed by atoms with Gasteiger partial charge in [0.15, 0.2) is 0 Å². The van der Waals surface area contributed by atoms with Crippen LogP contribution >= 0.6 is 0 Å². The summed E-state index contributed by atoms with van der Waals surface area (Å²) in [6, 6.07) is 10.8. The third-order valence-electron chi connectivity index (χ3n) is 6.32. The Balaban J connectivity index is 1.72. The van der Waals surface area contributed by atoms with E-state index in [0.29, 0.717) is 35.1 Å². The maximum Gasteiger partial charge on any atom is 0.270 e. The van der Waals surface area contributed by atoms with Gasteiger partial charge < -0.3 is 14.8 Å². The molecule has 1 N–H and O–H groups in total. The van der Waals surface area contributed by atoms with E-state index in [1.54, 1.807) is 24.4 Å². The highest BCUT2D eigenvalue weighted by Crippen LogP contribution is 2.36. The van der Waals surface area contributed by atoms with E-state index in [9.17, 15) is 25.0 Å². The molecular weight excluding hydrogens is 426 g/mol. The SMILES string of the molecule is CCN1CCN(C(=O)CC(c2cccc([N+](=O)[O-])c2)c2c[nH]c3ccc([N+](=O)[O-])cc23)CC1. The molecule has 1 aliphatic heterocycles. The molecule has 1 aromatic heterocycles. The van der Waals surface area contributed by atoms with Gasteiger partial charge in [-0.3, -0.25) is 25.0 Å². The van der Waals surface area contributed by atoms with Crippen LogP contribution in [0.15, 0.2) is 48.7 Å². The lowest BCUT2D eigenvalue weighted by Gasteiger charge is -2.34. The summed E-state index contributed by atoms with van der Waals surface area (Å²) in [5.41, 5.74) is 1.91. The fourth-order valence-corrected chi connectivity index (χ4v) is 4.41. The summed E-state index contributed by atoms with van der Waals surface area (Å²) in [7, 11) is 0. The fraction of sp³-hybridized carbons (Fsp3) is 0.348. The van der Waals surface area contributed by atoms with Crippen molar-refractivity contribution in [3.05, 3.63) is 80.0 Å². The first-order valence-corrected chi connectivity index (χ1v) is 10.9. The van der Waals surface area contributed by atoms with Crippen molar-refractivity contribution < 1.29 is 14.6 Å². The molecule has 1 amide bonds. The second kappa shape index (κ2) is 9.37. The van der Waals surface area contributed by atoms with E-state index < -0.39 is 15.8 Å². The number of carbonyl (C=O) groups is 1. The van der Waals surface area contributed by atoms with Crippen LogP contribution in [0.4, 0.5) is 11.4 Å². The predicted octanol–water partition coefficient (Wildman–Crippen LogP) is 3.67. The first-order chi connectivity index (χ1) is 15.9. The Morgan fingerprint density at radius 1 is 1.03 bits per heavy atom. The molecular formula is C23H25N5O5. The molecule has 1 fully saturated rings. The van der Waals surface area contributed by atoms with Crippen molar-refractivity contribution in [1.29, 1.82) is 0 Å². The van der Waals surface area contributed by atoms with Crippen LogP contribution in [0.2, 0.25) is 0 Å². The Kier molecular flexibility index (Phi) is 6.36. The number of hydrogen-bond acceptors (Lipinski definition) is 6. The van der Waals surface area contributed by atoms with Gasteiger partial charge in [-0.2, -0.15) is 0 Å². The minimum atomic E-state index is -0.489. The molecule has 172 valence electrons. The smallest absolute Gasteiger partial charge is 0.270 e. The van der Waals surface area contributed by atoms with E-state index in [4.69, 9.17) is 0 Å². The quantitative estimate of drug-likeness (QED) is 0.431. The molecule has 3 aromatic rings. The summed E-state index contributed by atoms with van der Waals surface area (Å²) in [4.78, 5) is 42.3. The summed E-state index contributed by atoms with van der Waals surface area (Å²) >= 11 is 0. The summed E-state index contributed by atoms with van der Waals surface area (Å²) in [6.45, 7) is 5.91. The van der Waals surface area contributed by atoms with Gasteiger partial charge in [-0.15, -0.1) is 0 Å². The number of nitro groups is 2. The highest BCUT2D eigenvalue weighted by atomic mass is 16.6. The van der Waals surface area contributed by atoms with Crippen molar-refractivity contribution in [3.8, 4) is 0 Å².